The van der Waals surface area contributed by atoms with Crippen LogP contribution in [0.1, 0.15) is 28.7 Å². The molecule has 1 N–H and O–H groups in total. The van der Waals surface area contributed by atoms with Crippen LogP contribution in [0.3, 0.4) is 0 Å². The van der Waals surface area contributed by atoms with Crippen LogP contribution in [-0.4, -0.2) is 30.7 Å². The number of hydrogen-bond donors (Lipinski definition) is 1. The third-order valence-corrected chi connectivity index (χ3v) is 6.20. The second-order valence-electron chi connectivity index (χ2n) is 7.77. The number of hydrogen-bond acceptors (Lipinski definition) is 2. The Labute approximate surface area is 190 Å². The van der Waals surface area contributed by atoms with Crippen LogP contribution in [0.25, 0.3) is 5.57 Å². The maximum Gasteiger partial charge on any atom is 0.173 e. The first-order chi connectivity index (χ1) is 15.2. The molecule has 0 bridgehead atoms. The molecule has 158 valence electrons. The van der Waals surface area contributed by atoms with Crippen molar-refractivity contribution in [1.82, 2.24) is 4.90 Å². The van der Waals surface area contributed by atoms with Crippen LogP contribution in [0.5, 0.6) is 5.75 Å². The smallest absolute Gasteiger partial charge is 0.173 e. The predicted octanol–water partition coefficient (Wildman–Crippen LogP) is 5.94. The minimum atomic E-state index is 0.685. The van der Waals surface area contributed by atoms with E-state index >= 15 is 0 Å². The predicted molar refractivity (Wildman–Crippen MR) is 134 cm³/mol. The van der Waals surface area contributed by atoms with Gasteiger partial charge in [-0.1, -0.05) is 66.7 Å². The van der Waals surface area contributed by atoms with E-state index in [4.69, 9.17) is 17.0 Å². The van der Waals surface area contributed by atoms with Gasteiger partial charge >= 0.3 is 0 Å². The highest BCUT2D eigenvalue weighted by molar-refractivity contribution is 7.80. The van der Waals surface area contributed by atoms with Crippen molar-refractivity contribution < 1.29 is 4.74 Å². The summed E-state index contributed by atoms with van der Waals surface area (Å²) in [7, 11) is 3.69. The summed E-state index contributed by atoms with van der Waals surface area (Å²) in [6.07, 6.45) is 5.43. The third kappa shape index (κ3) is 4.80. The van der Waals surface area contributed by atoms with Crippen molar-refractivity contribution in [3.8, 4) is 5.75 Å². The van der Waals surface area contributed by atoms with Crippen LogP contribution in [0.2, 0.25) is 0 Å². The van der Waals surface area contributed by atoms with Gasteiger partial charge in [0.25, 0.3) is 0 Å². The van der Waals surface area contributed by atoms with Crippen molar-refractivity contribution in [2.24, 2.45) is 0 Å². The zero-order valence-electron chi connectivity index (χ0n) is 18.1. The van der Waals surface area contributed by atoms with E-state index in [1.54, 1.807) is 7.11 Å². The Morgan fingerprint density at radius 3 is 2.16 bits per heavy atom. The fraction of sp³-hybridized carbons (Fsp3) is 0.222. The van der Waals surface area contributed by atoms with Gasteiger partial charge in [0.1, 0.15) is 5.75 Å². The first kappa shape index (κ1) is 21.1. The van der Waals surface area contributed by atoms with E-state index in [-0.39, 0.29) is 0 Å². The van der Waals surface area contributed by atoms with Gasteiger partial charge in [0, 0.05) is 13.6 Å². The molecule has 4 rings (SSSR count). The molecule has 3 aromatic rings. The van der Waals surface area contributed by atoms with Gasteiger partial charge in [-0.3, -0.25) is 0 Å². The Kier molecular flexibility index (Phi) is 6.68. The Hall–Kier alpha value is -3.11. The first-order valence-electron chi connectivity index (χ1n) is 10.7. The average Bonchev–Trinajstić information content (AvgIpc) is 2.96. The summed E-state index contributed by atoms with van der Waals surface area (Å²) in [5.41, 5.74) is 7.76. The van der Waals surface area contributed by atoms with Crippen LogP contribution < -0.4 is 10.1 Å². The Balaban J connectivity index is 1.50. The molecule has 0 fully saturated rings. The molecule has 3 nitrogen and oxygen atoms in total. The van der Waals surface area contributed by atoms with E-state index < -0.39 is 0 Å². The molecule has 4 heteroatoms. The number of rotatable bonds is 5. The van der Waals surface area contributed by atoms with Crippen LogP contribution >= 0.6 is 12.2 Å². The quantitative estimate of drug-likeness (QED) is 0.508. The van der Waals surface area contributed by atoms with Crippen LogP contribution in [0.4, 0.5) is 5.69 Å². The lowest BCUT2D eigenvalue weighted by Crippen LogP contribution is -2.31. The molecule has 0 amide bonds. The number of fused-ring (bicyclic) bond motifs is 2. The second-order valence-corrected chi connectivity index (χ2v) is 8.16. The van der Waals surface area contributed by atoms with Gasteiger partial charge in [-0.15, -0.1) is 0 Å². The number of methoxy groups -OCH3 is 1. The monoisotopic (exact) mass is 428 g/mol. The van der Waals surface area contributed by atoms with Gasteiger partial charge in [-0.05, 0) is 71.4 Å². The van der Waals surface area contributed by atoms with Crippen molar-refractivity contribution in [2.75, 3.05) is 26.0 Å². The first-order valence-corrected chi connectivity index (χ1v) is 11.1. The Morgan fingerprint density at radius 1 is 0.935 bits per heavy atom. The van der Waals surface area contributed by atoms with E-state index in [0.717, 1.165) is 37.2 Å². The number of nitrogens with one attached hydrogen (secondary N) is 1. The van der Waals surface area contributed by atoms with Crippen LogP contribution in [0.15, 0.2) is 78.9 Å². The molecule has 0 spiro atoms. The number of ether oxygens (including phenoxy) is 1. The minimum absolute atomic E-state index is 0.685. The van der Waals surface area contributed by atoms with Crippen molar-refractivity contribution in [1.29, 1.82) is 0 Å². The zero-order chi connectivity index (χ0) is 21.6. The van der Waals surface area contributed by atoms with E-state index in [9.17, 15) is 0 Å². The van der Waals surface area contributed by atoms with Crippen LogP contribution in [0, 0.1) is 0 Å². The molecular weight excluding hydrogens is 400 g/mol. The van der Waals surface area contributed by atoms with E-state index in [1.165, 1.54) is 27.8 Å². The Bertz CT molecular complexity index is 1060. The molecule has 1 aliphatic carbocycles. The van der Waals surface area contributed by atoms with E-state index in [2.05, 4.69) is 64.8 Å². The Morgan fingerprint density at radius 2 is 1.52 bits per heavy atom. The standard InChI is InChI=1S/C27H28N2OS/c1-29(27(31)28-25-15-7-8-16-26(25)30-2)19-9-14-24-22-12-5-3-10-20(22)17-18-21-11-4-6-13-23(21)24/h3-8,10-16H,9,17-19H2,1-2H3,(H,28,31). The highest BCUT2D eigenvalue weighted by Gasteiger charge is 2.17. The highest BCUT2D eigenvalue weighted by atomic mass is 32.1. The number of benzene rings is 3. The molecule has 0 saturated carbocycles. The third-order valence-electron chi connectivity index (χ3n) is 5.79. The fourth-order valence-electron chi connectivity index (χ4n) is 4.10. The molecule has 0 saturated heterocycles. The lowest BCUT2D eigenvalue weighted by molar-refractivity contribution is 0.416. The molecule has 1 aliphatic rings. The van der Waals surface area contributed by atoms with Gasteiger partial charge in [0.2, 0.25) is 0 Å². The van der Waals surface area contributed by atoms with Crippen molar-refractivity contribution in [2.45, 2.75) is 19.3 Å². The lowest BCUT2D eigenvalue weighted by Gasteiger charge is -2.21. The van der Waals surface area contributed by atoms with Crippen molar-refractivity contribution >= 4 is 28.6 Å². The van der Waals surface area contributed by atoms with Gasteiger partial charge < -0.3 is 15.0 Å². The van der Waals surface area contributed by atoms with Gasteiger partial charge in [0.05, 0.1) is 12.8 Å². The fourth-order valence-corrected chi connectivity index (χ4v) is 4.30. The number of para-hydroxylation sites is 2. The molecule has 0 unspecified atom stereocenters. The van der Waals surface area contributed by atoms with Crippen molar-refractivity contribution in [3.05, 3.63) is 101 Å². The summed E-state index contributed by atoms with van der Waals surface area (Å²) < 4.78 is 5.41. The number of aryl methyl sites for hydroxylation is 2. The molecule has 0 radical (unpaired) electrons. The van der Waals surface area contributed by atoms with Crippen molar-refractivity contribution in [3.63, 3.8) is 0 Å². The second kappa shape index (κ2) is 9.80. The molecular formula is C27H28N2OS. The normalized spacial score (nSPS) is 12.3. The highest BCUT2D eigenvalue weighted by Crippen LogP contribution is 2.33. The molecule has 0 aliphatic heterocycles. The topological polar surface area (TPSA) is 24.5 Å². The summed E-state index contributed by atoms with van der Waals surface area (Å²) in [5.74, 6) is 0.784. The summed E-state index contributed by atoms with van der Waals surface area (Å²) in [4.78, 5) is 2.08. The minimum Gasteiger partial charge on any atom is -0.495 e. The van der Waals surface area contributed by atoms with Gasteiger partial charge in [-0.25, -0.2) is 0 Å². The van der Waals surface area contributed by atoms with Gasteiger partial charge in [0.15, 0.2) is 5.11 Å². The number of anilines is 1. The van der Waals surface area contributed by atoms with E-state index in [0.29, 0.717) is 5.11 Å². The van der Waals surface area contributed by atoms with E-state index in [1.807, 2.05) is 31.3 Å². The number of thiocarbonyl (C=S) groups is 1. The molecule has 0 heterocycles. The summed E-state index contributed by atoms with van der Waals surface area (Å²) in [6, 6.07) is 25.4. The SMILES string of the molecule is COc1ccccc1NC(=S)N(C)CCC=C1c2ccccc2CCc2ccccc21. The summed E-state index contributed by atoms with van der Waals surface area (Å²) >= 11 is 5.62. The summed E-state index contributed by atoms with van der Waals surface area (Å²) in [6.45, 7) is 0.828. The zero-order valence-corrected chi connectivity index (χ0v) is 18.9. The van der Waals surface area contributed by atoms with Gasteiger partial charge in [-0.2, -0.15) is 0 Å². The number of nitrogens with zero attached hydrogens (tertiary/aromatic N) is 1. The maximum absolute atomic E-state index is 5.62. The molecule has 0 atom stereocenters. The molecule has 0 aromatic heterocycles. The average molecular weight is 429 g/mol. The molecule has 3 aromatic carbocycles. The summed E-state index contributed by atoms with van der Waals surface area (Å²) in [5, 5.41) is 3.99. The molecule has 31 heavy (non-hydrogen) atoms. The maximum atomic E-state index is 5.62. The largest absolute Gasteiger partial charge is 0.495 e. The van der Waals surface area contributed by atoms with Crippen LogP contribution in [-0.2, 0) is 12.8 Å². The lowest BCUT2D eigenvalue weighted by atomic mass is 9.93.